The minimum atomic E-state index is -0.596. The highest BCUT2D eigenvalue weighted by Gasteiger charge is 2.24. The monoisotopic (exact) mass is 417 g/mol. The molecule has 3 aromatic carbocycles. The van der Waals surface area contributed by atoms with Crippen LogP contribution in [0.1, 0.15) is 23.6 Å². The molecule has 0 aliphatic carbocycles. The van der Waals surface area contributed by atoms with Crippen LogP contribution in [0.4, 0.5) is 4.39 Å². The molecule has 0 saturated carbocycles. The van der Waals surface area contributed by atoms with Gasteiger partial charge in [-0.25, -0.2) is 14.2 Å². The summed E-state index contributed by atoms with van der Waals surface area (Å²) in [6, 6.07) is 20.9. The van der Waals surface area contributed by atoms with Gasteiger partial charge in [0.25, 0.3) is 0 Å². The number of ether oxygens (including phenoxy) is 3. The summed E-state index contributed by atoms with van der Waals surface area (Å²) < 4.78 is 30.3. The number of nitrogens with zero attached hydrogens (tertiary/aromatic N) is 1. The van der Waals surface area contributed by atoms with E-state index in [-0.39, 0.29) is 11.6 Å². The normalized spacial score (nSPS) is 14.3. The molecular formula is C25H20FNO4. The van der Waals surface area contributed by atoms with Gasteiger partial charge in [-0.15, -0.1) is 0 Å². The van der Waals surface area contributed by atoms with Crippen LogP contribution in [0, 0.1) is 5.82 Å². The van der Waals surface area contributed by atoms with Crippen molar-refractivity contribution in [2.24, 2.45) is 4.99 Å². The summed E-state index contributed by atoms with van der Waals surface area (Å²) >= 11 is 0. The van der Waals surface area contributed by atoms with Crippen molar-refractivity contribution in [2.45, 2.75) is 13.5 Å². The number of halogens is 1. The van der Waals surface area contributed by atoms with Crippen LogP contribution < -0.4 is 9.47 Å². The van der Waals surface area contributed by atoms with Gasteiger partial charge in [-0.1, -0.05) is 42.5 Å². The number of cyclic esters (lactones) is 1. The highest BCUT2D eigenvalue weighted by molar-refractivity contribution is 6.12. The predicted molar refractivity (Wildman–Crippen MR) is 115 cm³/mol. The second-order valence-electron chi connectivity index (χ2n) is 6.76. The van der Waals surface area contributed by atoms with Crippen LogP contribution in [-0.4, -0.2) is 18.5 Å². The van der Waals surface area contributed by atoms with E-state index in [0.717, 1.165) is 5.56 Å². The minimum Gasteiger partial charge on any atom is -0.490 e. The summed E-state index contributed by atoms with van der Waals surface area (Å²) in [5.74, 6) is 0.214. The molecule has 1 heterocycles. The van der Waals surface area contributed by atoms with E-state index in [0.29, 0.717) is 35.8 Å². The lowest BCUT2D eigenvalue weighted by Crippen LogP contribution is -2.05. The Morgan fingerprint density at radius 2 is 1.81 bits per heavy atom. The van der Waals surface area contributed by atoms with Gasteiger partial charge in [-0.2, -0.15) is 0 Å². The number of hydrogen-bond acceptors (Lipinski definition) is 5. The molecule has 156 valence electrons. The van der Waals surface area contributed by atoms with Gasteiger partial charge in [0, 0.05) is 5.56 Å². The Hall–Kier alpha value is -3.93. The Balaban J connectivity index is 1.57. The maximum absolute atomic E-state index is 13.5. The van der Waals surface area contributed by atoms with Crippen molar-refractivity contribution in [3.63, 3.8) is 0 Å². The number of rotatable bonds is 7. The molecule has 0 aromatic heterocycles. The van der Waals surface area contributed by atoms with Gasteiger partial charge in [-0.05, 0) is 54.5 Å². The molecule has 31 heavy (non-hydrogen) atoms. The smallest absolute Gasteiger partial charge is 0.363 e. The summed E-state index contributed by atoms with van der Waals surface area (Å²) in [5, 5.41) is 0. The van der Waals surface area contributed by atoms with Gasteiger partial charge in [0.2, 0.25) is 5.90 Å². The second-order valence-corrected chi connectivity index (χ2v) is 6.76. The zero-order valence-corrected chi connectivity index (χ0v) is 16.9. The molecule has 4 rings (SSSR count). The van der Waals surface area contributed by atoms with Crippen LogP contribution >= 0.6 is 0 Å². The molecular weight excluding hydrogens is 397 g/mol. The van der Waals surface area contributed by atoms with Crippen LogP contribution in [0.5, 0.6) is 11.5 Å². The van der Waals surface area contributed by atoms with Crippen molar-refractivity contribution in [2.75, 3.05) is 6.61 Å². The van der Waals surface area contributed by atoms with Gasteiger partial charge in [0.15, 0.2) is 17.2 Å². The molecule has 0 saturated heterocycles. The SMILES string of the molecule is CCOc1cc(/C=C2\N=C(c3cccc(F)c3)OC2=O)ccc1OCc1ccccc1. The largest absolute Gasteiger partial charge is 0.490 e. The standard InChI is InChI=1S/C25H20FNO4/c1-2-29-23-14-18(11-12-22(23)30-16-17-7-4-3-5-8-17)13-21-25(28)31-24(27-21)19-9-6-10-20(26)15-19/h3-15H,2,16H2,1H3/b21-13-. The summed E-state index contributed by atoms with van der Waals surface area (Å²) in [6.45, 7) is 2.76. The summed E-state index contributed by atoms with van der Waals surface area (Å²) in [4.78, 5) is 16.4. The molecule has 0 atom stereocenters. The molecule has 1 aliphatic heterocycles. The summed E-state index contributed by atoms with van der Waals surface area (Å²) in [7, 11) is 0. The van der Waals surface area contributed by atoms with Crippen LogP contribution in [0.25, 0.3) is 6.08 Å². The highest BCUT2D eigenvalue weighted by Crippen LogP contribution is 2.31. The van der Waals surface area contributed by atoms with E-state index in [1.54, 1.807) is 30.3 Å². The third-order valence-corrected chi connectivity index (χ3v) is 4.50. The third kappa shape index (κ3) is 4.98. The lowest BCUT2D eigenvalue weighted by molar-refractivity contribution is -0.129. The van der Waals surface area contributed by atoms with E-state index in [9.17, 15) is 9.18 Å². The Morgan fingerprint density at radius 3 is 2.58 bits per heavy atom. The van der Waals surface area contributed by atoms with E-state index in [2.05, 4.69) is 4.99 Å². The van der Waals surface area contributed by atoms with Crippen molar-refractivity contribution in [1.82, 2.24) is 0 Å². The molecule has 0 radical (unpaired) electrons. The average molecular weight is 417 g/mol. The molecule has 0 unspecified atom stereocenters. The number of esters is 1. The molecule has 0 N–H and O–H groups in total. The van der Waals surface area contributed by atoms with Gasteiger partial charge in [0.1, 0.15) is 12.4 Å². The van der Waals surface area contributed by atoms with Crippen molar-refractivity contribution in [3.05, 3.63) is 101 Å². The van der Waals surface area contributed by atoms with Crippen LogP contribution in [0.2, 0.25) is 0 Å². The maximum atomic E-state index is 13.5. The van der Waals surface area contributed by atoms with Crippen molar-refractivity contribution >= 4 is 17.9 Å². The molecule has 1 aliphatic rings. The third-order valence-electron chi connectivity index (χ3n) is 4.50. The summed E-state index contributed by atoms with van der Waals surface area (Å²) in [6.07, 6.45) is 1.60. The number of benzene rings is 3. The molecule has 3 aromatic rings. The fraction of sp³-hybridized carbons (Fsp3) is 0.120. The minimum absolute atomic E-state index is 0.0728. The molecule has 0 fully saturated rings. The number of carbonyl (C=O) groups excluding carboxylic acids is 1. The molecule has 0 amide bonds. The predicted octanol–water partition coefficient (Wildman–Crippen LogP) is 5.15. The van der Waals surface area contributed by atoms with Crippen molar-refractivity contribution < 1.29 is 23.4 Å². The van der Waals surface area contributed by atoms with Crippen LogP contribution in [-0.2, 0) is 16.1 Å². The van der Waals surface area contributed by atoms with Gasteiger partial charge in [-0.3, -0.25) is 0 Å². The van der Waals surface area contributed by atoms with Crippen molar-refractivity contribution in [3.8, 4) is 11.5 Å². The quantitative estimate of drug-likeness (QED) is 0.394. The zero-order chi connectivity index (χ0) is 21.6. The van der Waals surface area contributed by atoms with E-state index in [1.165, 1.54) is 18.2 Å². The first kappa shape index (κ1) is 20.3. The first-order chi connectivity index (χ1) is 15.1. The molecule has 0 bridgehead atoms. The zero-order valence-electron chi connectivity index (χ0n) is 16.9. The first-order valence-corrected chi connectivity index (χ1v) is 9.84. The van der Waals surface area contributed by atoms with Gasteiger partial charge >= 0.3 is 5.97 Å². The first-order valence-electron chi connectivity index (χ1n) is 9.84. The maximum Gasteiger partial charge on any atom is 0.363 e. The summed E-state index contributed by atoms with van der Waals surface area (Å²) in [5.41, 5.74) is 2.27. The Bertz CT molecular complexity index is 1160. The Kier molecular flexibility index (Phi) is 6.08. The highest BCUT2D eigenvalue weighted by atomic mass is 19.1. The average Bonchev–Trinajstić information content (AvgIpc) is 3.14. The topological polar surface area (TPSA) is 57.1 Å². The van der Waals surface area contributed by atoms with Gasteiger partial charge < -0.3 is 14.2 Å². The van der Waals surface area contributed by atoms with E-state index in [1.807, 2.05) is 37.3 Å². The molecule has 6 heteroatoms. The van der Waals surface area contributed by atoms with E-state index in [4.69, 9.17) is 14.2 Å². The number of aliphatic imine (C=N–C) groups is 1. The number of hydrogen-bond donors (Lipinski definition) is 0. The Labute approximate surface area is 179 Å². The van der Waals surface area contributed by atoms with E-state index < -0.39 is 11.8 Å². The van der Waals surface area contributed by atoms with Crippen LogP contribution in [0.3, 0.4) is 0 Å². The second kappa shape index (κ2) is 9.26. The lowest BCUT2D eigenvalue weighted by atomic mass is 10.1. The molecule has 5 nitrogen and oxygen atoms in total. The van der Waals surface area contributed by atoms with E-state index >= 15 is 0 Å². The Morgan fingerprint density at radius 1 is 0.968 bits per heavy atom. The van der Waals surface area contributed by atoms with Gasteiger partial charge in [0.05, 0.1) is 6.61 Å². The lowest BCUT2D eigenvalue weighted by Gasteiger charge is -2.12. The fourth-order valence-electron chi connectivity index (χ4n) is 3.05. The van der Waals surface area contributed by atoms with Crippen molar-refractivity contribution in [1.29, 1.82) is 0 Å². The molecule has 0 spiro atoms. The van der Waals surface area contributed by atoms with Crippen LogP contribution in [0.15, 0.2) is 83.5 Å². The fourth-order valence-corrected chi connectivity index (χ4v) is 3.05. The number of carbonyl (C=O) groups is 1.